The number of hydrogen-bond acceptors (Lipinski definition) is 3. The highest BCUT2D eigenvalue weighted by Crippen LogP contribution is 2.15. The van der Waals surface area contributed by atoms with E-state index >= 15 is 0 Å². The Bertz CT molecular complexity index is 441. The topological polar surface area (TPSA) is 50.7 Å². The van der Waals surface area contributed by atoms with Gasteiger partial charge in [-0.2, -0.15) is 0 Å². The standard InChI is InChI=1S/C13H16N2O2/c1-2-3-6-9-17-15-12-10-7-4-5-8-11(10)13(16)14-12/h4-5,7-8H,2-3,6,9H2,1H3,(H,14,15,16). The van der Waals surface area contributed by atoms with Crippen LogP contribution < -0.4 is 5.32 Å². The summed E-state index contributed by atoms with van der Waals surface area (Å²) in [6, 6.07) is 7.36. The maximum atomic E-state index is 11.6. The summed E-state index contributed by atoms with van der Waals surface area (Å²) in [4.78, 5) is 16.8. The van der Waals surface area contributed by atoms with Gasteiger partial charge in [-0.1, -0.05) is 43.1 Å². The number of oxime groups is 1. The van der Waals surface area contributed by atoms with Crippen LogP contribution in [0.2, 0.25) is 0 Å². The quantitative estimate of drug-likeness (QED) is 0.625. The molecule has 1 aromatic rings. The Labute approximate surface area is 101 Å². The number of rotatable bonds is 5. The molecule has 1 aliphatic heterocycles. The molecule has 0 saturated heterocycles. The van der Waals surface area contributed by atoms with Crippen molar-refractivity contribution < 1.29 is 9.63 Å². The van der Waals surface area contributed by atoms with Crippen molar-refractivity contribution in [1.29, 1.82) is 0 Å². The van der Waals surface area contributed by atoms with E-state index in [1.54, 1.807) is 6.07 Å². The van der Waals surface area contributed by atoms with E-state index in [0.717, 1.165) is 24.8 Å². The fraction of sp³-hybridized carbons (Fsp3) is 0.385. The Balaban J connectivity index is 1.99. The lowest BCUT2D eigenvalue weighted by Gasteiger charge is -2.00. The number of amides is 1. The highest BCUT2D eigenvalue weighted by Gasteiger charge is 2.24. The average molecular weight is 232 g/mol. The Morgan fingerprint density at radius 1 is 1.24 bits per heavy atom. The zero-order chi connectivity index (χ0) is 12.1. The van der Waals surface area contributed by atoms with Crippen LogP contribution in [0.1, 0.15) is 42.1 Å². The van der Waals surface area contributed by atoms with E-state index in [4.69, 9.17) is 4.84 Å². The summed E-state index contributed by atoms with van der Waals surface area (Å²) in [5, 5.41) is 6.67. The largest absolute Gasteiger partial charge is 0.394 e. The molecule has 0 unspecified atom stereocenters. The number of carbonyl (C=O) groups excluding carboxylic acids is 1. The minimum absolute atomic E-state index is 0.114. The molecule has 1 N–H and O–H groups in total. The second kappa shape index (κ2) is 5.48. The Hall–Kier alpha value is -1.84. The van der Waals surface area contributed by atoms with E-state index in [0.29, 0.717) is 18.0 Å². The van der Waals surface area contributed by atoms with E-state index < -0.39 is 0 Å². The van der Waals surface area contributed by atoms with Gasteiger partial charge in [0.05, 0.1) is 5.56 Å². The summed E-state index contributed by atoms with van der Waals surface area (Å²) in [6.45, 7) is 2.73. The number of carbonyl (C=O) groups is 1. The molecular weight excluding hydrogens is 216 g/mol. The molecule has 17 heavy (non-hydrogen) atoms. The predicted molar refractivity (Wildman–Crippen MR) is 65.9 cm³/mol. The molecule has 4 heteroatoms. The van der Waals surface area contributed by atoms with Gasteiger partial charge >= 0.3 is 0 Å². The first-order valence-corrected chi connectivity index (χ1v) is 5.93. The lowest BCUT2D eigenvalue weighted by molar-refractivity contribution is 0.0978. The number of fused-ring (bicyclic) bond motifs is 1. The van der Waals surface area contributed by atoms with Crippen molar-refractivity contribution >= 4 is 11.7 Å². The molecular formula is C13H16N2O2. The van der Waals surface area contributed by atoms with E-state index in [2.05, 4.69) is 17.4 Å². The maximum absolute atomic E-state index is 11.6. The second-order valence-corrected chi connectivity index (χ2v) is 3.98. The third kappa shape index (κ3) is 2.64. The molecule has 0 aromatic heterocycles. The van der Waals surface area contributed by atoms with Gasteiger partial charge in [-0.25, -0.2) is 0 Å². The van der Waals surface area contributed by atoms with Crippen molar-refractivity contribution in [2.45, 2.75) is 26.2 Å². The summed E-state index contributed by atoms with van der Waals surface area (Å²) >= 11 is 0. The highest BCUT2D eigenvalue weighted by molar-refractivity contribution is 6.23. The smallest absolute Gasteiger partial charge is 0.257 e. The van der Waals surface area contributed by atoms with Gasteiger partial charge in [0.1, 0.15) is 6.61 Å². The van der Waals surface area contributed by atoms with Gasteiger partial charge in [0.25, 0.3) is 5.91 Å². The molecule has 0 fully saturated rings. The van der Waals surface area contributed by atoms with Crippen molar-refractivity contribution in [3.8, 4) is 0 Å². The molecule has 90 valence electrons. The Morgan fingerprint density at radius 3 is 2.76 bits per heavy atom. The van der Waals surface area contributed by atoms with Crippen LogP contribution in [0.3, 0.4) is 0 Å². The normalized spacial score (nSPS) is 15.8. The average Bonchev–Trinajstić information content (AvgIpc) is 2.67. The lowest BCUT2D eigenvalue weighted by Crippen LogP contribution is -2.21. The predicted octanol–water partition coefficient (Wildman–Crippen LogP) is 2.30. The first-order chi connectivity index (χ1) is 8.33. The highest BCUT2D eigenvalue weighted by atomic mass is 16.6. The first kappa shape index (κ1) is 11.6. The van der Waals surface area contributed by atoms with Gasteiger partial charge in [-0.05, 0) is 12.5 Å². The van der Waals surface area contributed by atoms with Crippen LogP contribution >= 0.6 is 0 Å². The Morgan fingerprint density at radius 2 is 2.00 bits per heavy atom. The van der Waals surface area contributed by atoms with Crippen LogP contribution in [-0.2, 0) is 4.84 Å². The van der Waals surface area contributed by atoms with Gasteiger partial charge in [-0.15, -0.1) is 0 Å². The fourth-order valence-corrected chi connectivity index (χ4v) is 1.73. The minimum Gasteiger partial charge on any atom is -0.394 e. The lowest BCUT2D eigenvalue weighted by atomic mass is 10.1. The third-order valence-corrected chi connectivity index (χ3v) is 2.65. The van der Waals surface area contributed by atoms with Crippen molar-refractivity contribution in [3.05, 3.63) is 35.4 Å². The van der Waals surface area contributed by atoms with Crippen molar-refractivity contribution in [2.75, 3.05) is 6.61 Å². The van der Waals surface area contributed by atoms with Crippen LogP contribution in [0.4, 0.5) is 0 Å². The van der Waals surface area contributed by atoms with Crippen LogP contribution in [-0.4, -0.2) is 18.3 Å². The number of amidine groups is 1. The van der Waals surface area contributed by atoms with E-state index in [1.807, 2.05) is 18.2 Å². The maximum Gasteiger partial charge on any atom is 0.257 e. The van der Waals surface area contributed by atoms with Crippen LogP contribution in [0.25, 0.3) is 0 Å². The minimum atomic E-state index is -0.114. The van der Waals surface area contributed by atoms with Crippen LogP contribution in [0, 0.1) is 0 Å². The van der Waals surface area contributed by atoms with Crippen molar-refractivity contribution in [3.63, 3.8) is 0 Å². The van der Waals surface area contributed by atoms with Crippen molar-refractivity contribution in [1.82, 2.24) is 5.32 Å². The molecule has 0 bridgehead atoms. The summed E-state index contributed by atoms with van der Waals surface area (Å²) in [7, 11) is 0. The first-order valence-electron chi connectivity index (χ1n) is 5.93. The molecule has 2 rings (SSSR count). The third-order valence-electron chi connectivity index (χ3n) is 2.65. The molecule has 1 aromatic carbocycles. The number of hydrogen-bond donors (Lipinski definition) is 1. The number of unbranched alkanes of at least 4 members (excludes halogenated alkanes) is 2. The number of benzene rings is 1. The molecule has 0 radical (unpaired) electrons. The van der Waals surface area contributed by atoms with Crippen LogP contribution in [0.5, 0.6) is 0 Å². The van der Waals surface area contributed by atoms with E-state index in [9.17, 15) is 4.79 Å². The second-order valence-electron chi connectivity index (χ2n) is 3.98. The van der Waals surface area contributed by atoms with E-state index in [1.165, 1.54) is 0 Å². The van der Waals surface area contributed by atoms with Gasteiger partial charge in [-0.3, -0.25) is 4.79 Å². The Kier molecular flexibility index (Phi) is 3.75. The zero-order valence-electron chi connectivity index (χ0n) is 9.90. The van der Waals surface area contributed by atoms with Gasteiger partial charge in [0.15, 0.2) is 5.84 Å². The SMILES string of the molecule is CCCCCON=C1NC(=O)c2ccccc21. The van der Waals surface area contributed by atoms with Crippen LogP contribution in [0.15, 0.2) is 29.4 Å². The summed E-state index contributed by atoms with van der Waals surface area (Å²) < 4.78 is 0. The molecule has 1 amide bonds. The number of nitrogens with one attached hydrogen (secondary N) is 1. The summed E-state index contributed by atoms with van der Waals surface area (Å²) in [5.41, 5.74) is 1.47. The monoisotopic (exact) mass is 232 g/mol. The molecule has 0 spiro atoms. The summed E-state index contributed by atoms with van der Waals surface area (Å²) in [5.74, 6) is 0.401. The molecule has 4 nitrogen and oxygen atoms in total. The van der Waals surface area contributed by atoms with E-state index in [-0.39, 0.29) is 5.91 Å². The zero-order valence-corrected chi connectivity index (χ0v) is 9.90. The number of nitrogens with zero attached hydrogens (tertiary/aromatic N) is 1. The van der Waals surface area contributed by atoms with Gasteiger partial charge in [0, 0.05) is 5.56 Å². The molecule has 0 saturated carbocycles. The van der Waals surface area contributed by atoms with Gasteiger partial charge in [0.2, 0.25) is 0 Å². The van der Waals surface area contributed by atoms with Gasteiger partial charge < -0.3 is 10.2 Å². The molecule has 1 heterocycles. The van der Waals surface area contributed by atoms with Crippen molar-refractivity contribution in [2.24, 2.45) is 5.16 Å². The summed E-state index contributed by atoms with van der Waals surface area (Å²) in [6.07, 6.45) is 3.27. The molecule has 1 aliphatic rings. The molecule has 0 aliphatic carbocycles. The molecule has 0 atom stereocenters. The fourth-order valence-electron chi connectivity index (χ4n) is 1.73.